The summed E-state index contributed by atoms with van der Waals surface area (Å²) in [5.41, 5.74) is 13.4. The van der Waals surface area contributed by atoms with Gasteiger partial charge in [-0.25, -0.2) is 15.0 Å². The maximum atomic E-state index is 4.93. The van der Waals surface area contributed by atoms with Crippen molar-refractivity contribution < 1.29 is 0 Å². The second-order valence-electron chi connectivity index (χ2n) is 13.6. The average molecular weight is 703 g/mol. The van der Waals surface area contributed by atoms with E-state index in [-0.39, 0.29) is 0 Å². The number of aromatic nitrogens is 4. The molecule has 10 aromatic rings. The van der Waals surface area contributed by atoms with Gasteiger partial charge in [0, 0.05) is 38.7 Å². The second-order valence-corrected chi connectivity index (χ2v) is 13.6. The van der Waals surface area contributed by atoms with Gasteiger partial charge in [0.1, 0.15) is 0 Å². The van der Waals surface area contributed by atoms with Gasteiger partial charge in [0.15, 0.2) is 17.5 Å². The number of hydrogen-bond acceptors (Lipinski definition) is 3. The summed E-state index contributed by atoms with van der Waals surface area (Å²) < 4.78 is 2.42. The van der Waals surface area contributed by atoms with Crippen molar-refractivity contribution in [1.82, 2.24) is 19.5 Å². The van der Waals surface area contributed by atoms with Crippen LogP contribution in [0.15, 0.2) is 206 Å². The lowest BCUT2D eigenvalue weighted by atomic mass is 9.95. The van der Waals surface area contributed by atoms with Gasteiger partial charge in [-0.2, -0.15) is 0 Å². The molecule has 0 aliphatic heterocycles. The van der Waals surface area contributed by atoms with E-state index in [0.717, 1.165) is 33.5 Å². The first-order valence-corrected chi connectivity index (χ1v) is 18.5. The van der Waals surface area contributed by atoms with Crippen LogP contribution in [-0.4, -0.2) is 19.5 Å². The van der Waals surface area contributed by atoms with Crippen molar-refractivity contribution in [3.63, 3.8) is 0 Å². The Hall–Kier alpha value is -7.43. The fraction of sp³-hybridized carbons (Fsp3) is 0. The van der Waals surface area contributed by atoms with E-state index in [9.17, 15) is 0 Å². The minimum absolute atomic E-state index is 0.643. The van der Waals surface area contributed by atoms with E-state index < -0.39 is 0 Å². The van der Waals surface area contributed by atoms with Crippen molar-refractivity contribution in [2.24, 2.45) is 0 Å². The quantitative estimate of drug-likeness (QED) is 0.166. The fourth-order valence-corrected chi connectivity index (χ4v) is 7.67. The summed E-state index contributed by atoms with van der Waals surface area (Å²) in [5, 5.41) is 2.47. The minimum atomic E-state index is 0.643. The van der Waals surface area contributed by atoms with Gasteiger partial charge in [-0.3, -0.25) is 0 Å². The Labute approximate surface area is 319 Å². The predicted molar refractivity (Wildman–Crippen MR) is 227 cm³/mol. The number of benzene rings is 8. The molecule has 2 heterocycles. The van der Waals surface area contributed by atoms with Crippen LogP contribution in [0.4, 0.5) is 0 Å². The molecule has 4 heteroatoms. The highest BCUT2D eigenvalue weighted by atomic mass is 15.0. The number of hydrogen-bond donors (Lipinski definition) is 0. The molecule has 55 heavy (non-hydrogen) atoms. The highest BCUT2D eigenvalue weighted by molar-refractivity contribution is 6.19. The highest BCUT2D eigenvalue weighted by Crippen LogP contribution is 2.42. The zero-order valence-corrected chi connectivity index (χ0v) is 29.9. The standard InChI is InChI=1S/C51H34N4/c1-5-16-36(17-6-1)44-27-14-28-45-47-43(26-15-29-46(47)55(48(44)45)42-24-11-4-12-25-42)41-23-13-22-40(34-41)35-30-32-39(33-31-35)51-53-49(37-18-7-2-8-19-37)52-50(54-51)38-20-9-3-10-21-38/h1-34H. The summed E-state index contributed by atoms with van der Waals surface area (Å²) >= 11 is 0. The first kappa shape index (κ1) is 32.2. The van der Waals surface area contributed by atoms with E-state index in [1.165, 1.54) is 44.1 Å². The van der Waals surface area contributed by atoms with Crippen molar-refractivity contribution in [1.29, 1.82) is 0 Å². The lowest BCUT2D eigenvalue weighted by molar-refractivity contribution is 1.07. The maximum absolute atomic E-state index is 4.93. The van der Waals surface area contributed by atoms with Crippen LogP contribution in [0.1, 0.15) is 0 Å². The third kappa shape index (κ3) is 5.96. The van der Waals surface area contributed by atoms with Gasteiger partial charge in [-0.15, -0.1) is 0 Å². The number of rotatable bonds is 7. The maximum Gasteiger partial charge on any atom is 0.164 e. The molecule has 10 rings (SSSR count). The van der Waals surface area contributed by atoms with Crippen LogP contribution in [0.5, 0.6) is 0 Å². The molecule has 0 saturated carbocycles. The molecule has 0 saturated heterocycles. The Balaban J connectivity index is 1.07. The molecular weight excluding hydrogens is 669 g/mol. The summed E-state index contributed by atoms with van der Waals surface area (Å²) in [6, 6.07) is 72.4. The van der Waals surface area contributed by atoms with Crippen LogP contribution in [0, 0.1) is 0 Å². The molecule has 0 N–H and O–H groups in total. The lowest BCUT2D eigenvalue weighted by Gasteiger charge is -2.12. The van der Waals surface area contributed by atoms with Gasteiger partial charge < -0.3 is 4.57 Å². The normalized spacial score (nSPS) is 11.3. The third-order valence-corrected chi connectivity index (χ3v) is 10.3. The summed E-state index contributed by atoms with van der Waals surface area (Å²) in [6.45, 7) is 0. The van der Waals surface area contributed by atoms with Gasteiger partial charge in [0.05, 0.1) is 11.0 Å². The first-order valence-electron chi connectivity index (χ1n) is 18.5. The molecule has 0 fully saturated rings. The van der Waals surface area contributed by atoms with Crippen molar-refractivity contribution in [2.45, 2.75) is 0 Å². The topological polar surface area (TPSA) is 43.6 Å². The summed E-state index contributed by atoms with van der Waals surface area (Å²) in [4.78, 5) is 14.7. The van der Waals surface area contributed by atoms with Crippen LogP contribution in [-0.2, 0) is 0 Å². The Morgan fingerprint density at radius 2 is 0.764 bits per heavy atom. The van der Waals surface area contributed by atoms with Crippen molar-refractivity contribution in [2.75, 3.05) is 0 Å². The van der Waals surface area contributed by atoms with E-state index in [2.05, 4.69) is 150 Å². The Bertz CT molecular complexity index is 2880. The first-order chi connectivity index (χ1) is 27.3. The van der Waals surface area contributed by atoms with Crippen molar-refractivity contribution >= 4 is 21.8 Å². The van der Waals surface area contributed by atoms with E-state index >= 15 is 0 Å². The van der Waals surface area contributed by atoms with E-state index in [0.29, 0.717) is 17.5 Å². The van der Waals surface area contributed by atoms with Crippen LogP contribution < -0.4 is 0 Å². The van der Waals surface area contributed by atoms with Gasteiger partial charge in [0.2, 0.25) is 0 Å². The highest BCUT2D eigenvalue weighted by Gasteiger charge is 2.20. The summed E-state index contributed by atoms with van der Waals surface area (Å²) in [7, 11) is 0. The molecule has 0 aliphatic rings. The fourth-order valence-electron chi connectivity index (χ4n) is 7.67. The molecule has 0 aliphatic carbocycles. The largest absolute Gasteiger partial charge is 0.309 e. The van der Waals surface area contributed by atoms with Crippen LogP contribution in [0.25, 0.3) is 95.0 Å². The minimum Gasteiger partial charge on any atom is -0.309 e. The van der Waals surface area contributed by atoms with Gasteiger partial charge in [-0.1, -0.05) is 182 Å². The molecule has 0 bridgehead atoms. The zero-order valence-electron chi connectivity index (χ0n) is 29.9. The van der Waals surface area contributed by atoms with Crippen LogP contribution in [0.2, 0.25) is 0 Å². The predicted octanol–water partition coefficient (Wildman–Crippen LogP) is 13.0. The van der Waals surface area contributed by atoms with E-state index in [1.807, 2.05) is 60.7 Å². The van der Waals surface area contributed by atoms with Gasteiger partial charge in [-0.05, 0) is 52.1 Å². The molecule has 0 amide bonds. The smallest absolute Gasteiger partial charge is 0.164 e. The van der Waals surface area contributed by atoms with Gasteiger partial charge in [0.25, 0.3) is 0 Å². The average Bonchev–Trinajstić information content (AvgIpc) is 3.62. The third-order valence-electron chi connectivity index (χ3n) is 10.3. The Morgan fingerprint density at radius 1 is 0.309 bits per heavy atom. The number of para-hydroxylation sites is 2. The molecule has 8 aromatic carbocycles. The van der Waals surface area contributed by atoms with E-state index in [1.54, 1.807) is 0 Å². The molecule has 4 nitrogen and oxygen atoms in total. The Kier molecular flexibility index (Phi) is 8.12. The van der Waals surface area contributed by atoms with Crippen LogP contribution in [0.3, 0.4) is 0 Å². The van der Waals surface area contributed by atoms with E-state index in [4.69, 9.17) is 15.0 Å². The lowest BCUT2D eigenvalue weighted by Crippen LogP contribution is -2.00. The van der Waals surface area contributed by atoms with Crippen LogP contribution >= 0.6 is 0 Å². The molecule has 0 radical (unpaired) electrons. The van der Waals surface area contributed by atoms with Gasteiger partial charge >= 0.3 is 0 Å². The SMILES string of the molecule is c1ccc(-c2nc(-c3ccccc3)nc(-c3ccc(-c4cccc(-c5cccc6c5c5cccc(-c7ccccc7)c5n6-c5ccccc5)c4)cc3)n2)cc1. The summed E-state index contributed by atoms with van der Waals surface area (Å²) in [5.74, 6) is 1.95. The zero-order chi connectivity index (χ0) is 36.6. The van der Waals surface area contributed by atoms with Crippen molar-refractivity contribution in [3.8, 4) is 73.2 Å². The number of nitrogens with zero attached hydrogens (tertiary/aromatic N) is 4. The number of fused-ring (bicyclic) bond motifs is 3. The molecule has 0 unspecified atom stereocenters. The second kappa shape index (κ2) is 13.8. The molecule has 2 aromatic heterocycles. The molecule has 258 valence electrons. The Morgan fingerprint density at radius 3 is 1.38 bits per heavy atom. The molecule has 0 atom stereocenters. The summed E-state index contributed by atoms with van der Waals surface area (Å²) in [6.07, 6.45) is 0. The molecular formula is C51H34N4. The van der Waals surface area contributed by atoms with Crippen molar-refractivity contribution in [3.05, 3.63) is 206 Å². The molecule has 0 spiro atoms. The monoisotopic (exact) mass is 702 g/mol.